The van der Waals surface area contributed by atoms with Crippen molar-refractivity contribution in [2.24, 2.45) is 4.99 Å². The zero-order chi connectivity index (χ0) is 19.2. The third-order valence-corrected chi connectivity index (χ3v) is 4.47. The van der Waals surface area contributed by atoms with Crippen LogP contribution < -0.4 is 4.74 Å². The number of aromatic carboxylic acids is 1. The summed E-state index contributed by atoms with van der Waals surface area (Å²) in [5.41, 5.74) is 3.83. The van der Waals surface area contributed by atoms with Gasteiger partial charge in [0, 0.05) is 11.2 Å². The van der Waals surface area contributed by atoms with Crippen molar-refractivity contribution in [2.75, 3.05) is 0 Å². The van der Waals surface area contributed by atoms with Gasteiger partial charge in [0.25, 0.3) is 0 Å². The molecular formula is C22H18ClNO3. The van der Waals surface area contributed by atoms with Crippen LogP contribution in [0.3, 0.4) is 0 Å². The summed E-state index contributed by atoms with van der Waals surface area (Å²) in [5, 5.41) is 9.62. The van der Waals surface area contributed by atoms with Gasteiger partial charge in [-0.05, 0) is 60.0 Å². The molecule has 0 aromatic heterocycles. The van der Waals surface area contributed by atoms with E-state index in [4.69, 9.17) is 21.4 Å². The minimum Gasteiger partial charge on any atom is -0.489 e. The highest BCUT2D eigenvalue weighted by Crippen LogP contribution is 2.25. The molecule has 0 aliphatic rings. The highest BCUT2D eigenvalue weighted by atomic mass is 35.5. The molecule has 3 aromatic rings. The maximum atomic E-state index is 10.9. The van der Waals surface area contributed by atoms with E-state index in [-0.39, 0.29) is 5.56 Å². The normalized spacial score (nSPS) is 10.9. The highest BCUT2D eigenvalue weighted by Gasteiger charge is 2.03. The standard InChI is InChI=1S/C22H18ClNO3/c1-15-20(23)6-3-7-21(15)24-13-17-4-2-5-19(12-17)27-14-16-8-10-18(11-9-16)22(25)26/h2-13H,14H2,1H3,(H,25,26). The van der Waals surface area contributed by atoms with Gasteiger partial charge >= 0.3 is 5.97 Å². The highest BCUT2D eigenvalue weighted by molar-refractivity contribution is 6.31. The fourth-order valence-electron chi connectivity index (χ4n) is 2.47. The van der Waals surface area contributed by atoms with Gasteiger partial charge in [-0.1, -0.05) is 41.9 Å². The molecule has 0 aliphatic heterocycles. The first kappa shape index (κ1) is 18.7. The van der Waals surface area contributed by atoms with Gasteiger partial charge in [-0.25, -0.2) is 4.79 Å². The molecule has 0 spiro atoms. The zero-order valence-electron chi connectivity index (χ0n) is 14.7. The van der Waals surface area contributed by atoms with Gasteiger partial charge in [0.1, 0.15) is 12.4 Å². The van der Waals surface area contributed by atoms with Crippen LogP contribution in [0.15, 0.2) is 71.7 Å². The number of carbonyl (C=O) groups is 1. The average molecular weight is 380 g/mol. The molecule has 0 amide bonds. The number of nitrogens with zero attached hydrogens (tertiary/aromatic N) is 1. The van der Waals surface area contributed by atoms with Crippen LogP contribution >= 0.6 is 11.6 Å². The third-order valence-electron chi connectivity index (χ3n) is 4.06. The molecule has 0 bridgehead atoms. The van der Waals surface area contributed by atoms with Gasteiger partial charge in [0.05, 0.1) is 11.3 Å². The van der Waals surface area contributed by atoms with Crippen molar-refractivity contribution >= 4 is 29.5 Å². The van der Waals surface area contributed by atoms with Crippen LogP contribution in [-0.2, 0) is 6.61 Å². The van der Waals surface area contributed by atoms with Crippen molar-refractivity contribution in [1.29, 1.82) is 0 Å². The van der Waals surface area contributed by atoms with Crippen LogP contribution in [0.25, 0.3) is 0 Å². The molecule has 0 radical (unpaired) electrons. The third kappa shape index (κ3) is 4.96. The van der Waals surface area contributed by atoms with Crippen LogP contribution in [-0.4, -0.2) is 17.3 Å². The number of aliphatic imine (C=N–C) groups is 1. The van der Waals surface area contributed by atoms with Gasteiger partial charge < -0.3 is 9.84 Å². The Morgan fingerprint density at radius 2 is 1.85 bits per heavy atom. The molecule has 4 nitrogen and oxygen atoms in total. The van der Waals surface area contributed by atoms with E-state index in [0.717, 1.165) is 22.4 Å². The minimum atomic E-state index is -0.940. The molecule has 0 fully saturated rings. The Kier molecular flexibility index (Phi) is 5.89. The Balaban J connectivity index is 1.67. The first-order valence-electron chi connectivity index (χ1n) is 8.37. The average Bonchev–Trinajstić information content (AvgIpc) is 2.68. The van der Waals surface area contributed by atoms with Gasteiger partial charge in [-0.2, -0.15) is 0 Å². The molecule has 0 aliphatic carbocycles. The molecule has 27 heavy (non-hydrogen) atoms. The van der Waals surface area contributed by atoms with E-state index in [1.807, 2.05) is 49.4 Å². The van der Waals surface area contributed by atoms with Crippen molar-refractivity contribution in [1.82, 2.24) is 0 Å². The summed E-state index contributed by atoms with van der Waals surface area (Å²) in [6.07, 6.45) is 1.77. The summed E-state index contributed by atoms with van der Waals surface area (Å²) >= 11 is 6.12. The first-order chi connectivity index (χ1) is 13.0. The number of halogens is 1. The molecule has 3 aromatic carbocycles. The Morgan fingerprint density at radius 1 is 1.11 bits per heavy atom. The molecule has 0 heterocycles. The van der Waals surface area contributed by atoms with E-state index in [9.17, 15) is 4.79 Å². The van der Waals surface area contributed by atoms with E-state index in [2.05, 4.69) is 4.99 Å². The maximum Gasteiger partial charge on any atom is 0.335 e. The van der Waals surface area contributed by atoms with E-state index < -0.39 is 5.97 Å². The minimum absolute atomic E-state index is 0.258. The Labute approximate surface area is 162 Å². The second kappa shape index (κ2) is 8.52. The van der Waals surface area contributed by atoms with Gasteiger partial charge in [-0.15, -0.1) is 0 Å². The van der Waals surface area contributed by atoms with Crippen molar-refractivity contribution in [3.05, 3.63) is 94.0 Å². The predicted molar refractivity (Wildman–Crippen MR) is 108 cm³/mol. The van der Waals surface area contributed by atoms with E-state index >= 15 is 0 Å². The molecule has 0 unspecified atom stereocenters. The Hall–Kier alpha value is -3.11. The quantitative estimate of drug-likeness (QED) is 0.561. The van der Waals surface area contributed by atoms with Crippen LogP contribution in [0.5, 0.6) is 5.75 Å². The maximum absolute atomic E-state index is 10.9. The van der Waals surface area contributed by atoms with Crippen molar-refractivity contribution in [3.63, 3.8) is 0 Å². The zero-order valence-corrected chi connectivity index (χ0v) is 15.5. The monoisotopic (exact) mass is 379 g/mol. The molecule has 1 N–H and O–H groups in total. The SMILES string of the molecule is Cc1c(Cl)cccc1N=Cc1cccc(OCc2ccc(C(=O)O)cc2)c1. The Morgan fingerprint density at radius 3 is 2.59 bits per heavy atom. The van der Waals surface area contributed by atoms with Crippen molar-refractivity contribution in [3.8, 4) is 5.75 Å². The number of ether oxygens (including phenoxy) is 1. The van der Waals surface area contributed by atoms with E-state index in [1.165, 1.54) is 0 Å². The van der Waals surface area contributed by atoms with Gasteiger partial charge in [0.2, 0.25) is 0 Å². The second-order valence-electron chi connectivity index (χ2n) is 6.01. The fourth-order valence-corrected chi connectivity index (χ4v) is 2.64. The summed E-state index contributed by atoms with van der Waals surface area (Å²) in [4.78, 5) is 15.4. The second-order valence-corrected chi connectivity index (χ2v) is 6.41. The number of carboxylic acids is 1. The smallest absolute Gasteiger partial charge is 0.335 e. The largest absolute Gasteiger partial charge is 0.489 e. The van der Waals surface area contributed by atoms with E-state index in [1.54, 1.807) is 30.5 Å². The molecule has 0 saturated carbocycles. The molecule has 0 saturated heterocycles. The van der Waals surface area contributed by atoms with Crippen LogP contribution in [0.2, 0.25) is 5.02 Å². The fraction of sp³-hybridized carbons (Fsp3) is 0.0909. The first-order valence-corrected chi connectivity index (χ1v) is 8.75. The Bertz CT molecular complexity index is 981. The lowest BCUT2D eigenvalue weighted by atomic mass is 10.1. The predicted octanol–water partition coefficient (Wildman–Crippen LogP) is 5.68. The summed E-state index contributed by atoms with van der Waals surface area (Å²) in [6, 6.07) is 19.9. The van der Waals surface area contributed by atoms with Gasteiger partial charge in [0.15, 0.2) is 0 Å². The lowest BCUT2D eigenvalue weighted by molar-refractivity contribution is 0.0697. The summed E-state index contributed by atoms with van der Waals surface area (Å²) in [7, 11) is 0. The number of carboxylic acid groups (broad SMARTS) is 1. The molecule has 3 rings (SSSR count). The number of hydrogen-bond acceptors (Lipinski definition) is 3. The van der Waals surface area contributed by atoms with E-state index in [0.29, 0.717) is 17.4 Å². The summed E-state index contributed by atoms with van der Waals surface area (Å²) in [6.45, 7) is 2.29. The number of hydrogen-bond donors (Lipinski definition) is 1. The molecule has 136 valence electrons. The lowest BCUT2D eigenvalue weighted by Crippen LogP contribution is -1.99. The topological polar surface area (TPSA) is 58.9 Å². The van der Waals surface area contributed by atoms with Crippen molar-refractivity contribution < 1.29 is 14.6 Å². The van der Waals surface area contributed by atoms with Gasteiger partial charge in [-0.3, -0.25) is 4.99 Å². The molecular weight excluding hydrogens is 362 g/mol. The molecule has 0 atom stereocenters. The van der Waals surface area contributed by atoms with Crippen LogP contribution in [0, 0.1) is 6.92 Å². The molecule has 5 heteroatoms. The summed E-state index contributed by atoms with van der Waals surface area (Å²) in [5.74, 6) is -0.228. The number of rotatable bonds is 6. The number of benzene rings is 3. The van der Waals surface area contributed by atoms with Crippen LogP contribution in [0.4, 0.5) is 5.69 Å². The van der Waals surface area contributed by atoms with Crippen molar-refractivity contribution in [2.45, 2.75) is 13.5 Å². The summed E-state index contributed by atoms with van der Waals surface area (Å²) < 4.78 is 5.80. The van der Waals surface area contributed by atoms with Crippen LogP contribution in [0.1, 0.15) is 27.0 Å². The lowest BCUT2D eigenvalue weighted by Gasteiger charge is -2.07.